The van der Waals surface area contributed by atoms with E-state index in [1.165, 1.54) is 49.5 Å². The Kier molecular flexibility index (Phi) is 7.54. The largest absolute Gasteiger partial charge is 0.455 e. The molecule has 0 saturated heterocycles. The average Bonchev–Trinajstić information content (AvgIpc) is 3.62. The van der Waals surface area contributed by atoms with Crippen LogP contribution in [0.2, 0.25) is 0 Å². The summed E-state index contributed by atoms with van der Waals surface area (Å²) in [5.74, 6) is 0. The molecule has 0 unspecified atom stereocenters. The van der Waals surface area contributed by atoms with Gasteiger partial charge in [-0.1, -0.05) is 152 Å². The highest BCUT2D eigenvalue weighted by Crippen LogP contribution is 2.41. The van der Waals surface area contributed by atoms with Gasteiger partial charge in [-0.15, -0.1) is 0 Å². The van der Waals surface area contributed by atoms with Crippen molar-refractivity contribution in [3.63, 3.8) is 0 Å². The molecule has 0 N–H and O–H groups in total. The molecular formula is C51H37NO. The lowest BCUT2D eigenvalue weighted by atomic mass is 9.91. The summed E-state index contributed by atoms with van der Waals surface area (Å²) in [6.45, 7) is 2.11. The summed E-state index contributed by atoms with van der Waals surface area (Å²) >= 11 is 0. The Morgan fingerprint density at radius 2 is 0.962 bits per heavy atom. The topological polar surface area (TPSA) is 16.4 Å². The minimum absolute atomic E-state index is 0.933. The number of allylic oxidation sites excluding steroid dienone is 3. The van der Waals surface area contributed by atoms with E-state index in [-0.39, 0.29) is 0 Å². The first-order chi connectivity index (χ1) is 26.2. The molecule has 8 aromatic carbocycles. The maximum absolute atomic E-state index is 6.54. The van der Waals surface area contributed by atoms with Crippen LogP contribution in [0.4, 0.5) is 11.4 Å². The minimum atomic E-state index is 0.933. The molecule has 0 fully saturated rings. The van der Waals surface area contributed by atoms with Crippen LogP contribution in [0.3, 0.4) is 0 Å². The number of fused-ring (bicyclic) bond motifs is 5. The number of aryl methyl sites for hydroxylation is 1. The molecule has 0 atom stereocenters. The third-order valence-electron chi connectivity index (χ3n) is 10.9. The number of hydrogen-bond donors (Lipinski definition) is 0. The second kappa shape index (κ2) is 12.8. The van der Waals surface area contributed by atoms with E-state index in [1.807, 2.05) is 0 Å². The van der Waals surface area contributed by atoms with Crippen molar-refractivity contribution in [1.82, 2.24) is 0 Å². The highest BCUT2D eigenvalue weighted by atomic mass is 16.3. The van der Waals surface area contributed by atoms with E-state index in [9.17, 15) is 0 Å². The third kappa shape index (κ3) is 5.43. The smallest absolute Gasteiger partial charge is 0.143 e. The number of nitrogens with zero attached hydrogens (tertiary/aromatic N) is 1. The van der Waals surface area contributed by atoms with Crippen molar-refractivity contribution in [1.29, 1.82) is 0 Å². The summed E-state index contributed by atoms with van der Waals surface area (Å²) in [5.41, 5.74) is 13.8. The Morgan fingerprint density at radius 3 is 1.66 bits per heavy atom. The van der Waals surface area contributed by atoms with Crippen molar-refractivity contribution in [2.75, 3.05) is 4.90 Å². The van der Waals surface area contributed by atoms with E-state index >= 15 is 0 Å². The Labute approximate surface area is 309 Å². The van der Waals surface area contributed by atoms with Gasteiger partial charge in [0, 0.05) is 33.4 Å². The van der Waals surface area contributed by atoms with Crippen LogP contribution >= 0.6 is 0 Å². The normalized spacial score (nSPS) is 13.1. The molecule has 2 nitrogen and oxygen atoms in total. The number of para-hydroxylation sites is 2. The van der Waals surface area contributed by atoms with Crippen LogP contribution in [-0.2, 0) is 0 Å². The minimum Gasteiger partial charge on any atom is -0.455 e. The second-order valence-corrected chi connectivity index (χ2v) is 14.1. The van der Waals surface area contributed by atoms with E-state index in [0.29, 0.717) is 0 Å². The first kappa shape index (κ1) is 31.1. The lowest BCUT2D eigenvalue weighted by Gasteiger charge is -2.29. The third-order valence-corrected chi connectivity index (χ3v) is 10.9. The van der Waals surface area contributed by atoms with Crippen molar-refractivity contribution in [2.24, 2.45) is 0 Å². The van der Waals surface area contributed by atoms with Gasteiger partial charge in [0.05, 0.1) is 0 Å². The SMILES string of the molecule is Cc1cccc2c1oc1c(-c3ccc(N(C4=CCCC(c5cccc6ccccc56)=C4)c4ccc(-c5cccc6ccccc56)cc4)cc3)cccc12. The van der Waals surface area contributed by atoms with Crippen molar-refractivity contribution >= 4 is 60.4 Å². The molecule has 0 radical (unpaired) electrons. The zero-order valence-electron chi connectivity index (χ0n) is 29.6. The Balaban J connectivity index is 1.08. The maximum Gasteiger partial charge on any atom is 0.143 e. The molecule has 1 aliphatic rings. The van der Waals surface area contributed by atoms with Crippen molar-refractivity contribution < 1.29 is 4.42 Å². The highest BCUT2D eigenvalue weighted by molar-refractivity contribution is 6.10. The zero-order valence-corrected chi connectivity index (χ0v) is 29.6. The molecule has 1 heterocycles. The fourth-order valence-corrected chi connectivity index (χ4v) is 8.25. The van der Waals surface area contributed by atoms with Gasteiger partial charge in [-0.25, -0.2) is 0 Å². The molecule has 1 aliphatic carbocycles. The molecule has 0 bridgehead atoms. The molecule has 10 rings (SSSR count). The molecule has 0 spiro atoms. The zero-order chi connectivity index (χ0) is 35.3. The summed E-state index contributed by atoms with van der Waals surface area (Å²) < 4.78 is 6.54. The van der Waals surface area contributed by atoms with Gasteiger partial charge in [-0.3, -0.25) is 0 Å². The van der Waals surface area contributed by atoms with Gasteiger partial charge in [0.2, 0.25) is 0 Å². The lowest BCUT2D eigenvalue weighted by molar-refractivity contribution is 0.667. The molecular weight excluding hydrogens is 643 g/mol. The first-order valence-electron chi connectivity index (χ1n) is 18.5. The summed E-state index contributed by atoms with van der Waals surface area (Å²) in [4.78, 5) is 2.41. The van der Waals surface area contributed by atoms with Crippen LogP contribution in [0.5, 0.6) is 0 Å². The molecule has 0 saturated carbocycles. The van der Waals surface area contributed by atoms with Crippen LogP contribution in [0, 0.1) is 6.92 Å². The summed E-state index contributed by atoms with van der Waals surface area (Å²) in [6, 6.07) is 61.5. The number of rotatable bonds is 6. The molecule has 0 amide bonds. The van der Waals surface area contributed by atoms with E-state index in [2.05, 4.69) is 194 Å². The molecule has 9 aromatic rings. The standard InChI is InChI=1S/C51H37NO/c1-34-11-6-23-48-49-24-10-22-47(51(49)53-50(34)48)38-27-31-41(32-28-38)52(40-29-25-37(26-30-40)45-20-8-14-35-12-2-4-18-43(35)45)42-17-7-16-39(33-42)46-21-9-15-36-13-3-5-19-44(36)46/h2-6,8-15,17-33H,7,16H2,1H3. The van der Waals surface area contributed by atoms with Crippen LogP contribution < -0.4 is 4.90 Å². The Morgan fingerprint density at radius 1 is 0.453 bits per heavy atom. The fraction of sp³-hybridized carbons (Fsp3) is 0.0588. The molecule has 2 heteroatoms. The fourth-order valence-electron chi connectivity index (χ4n) is 8.25. The van der Waals surface area contributed by atoms with Gasteiger partial charge < -0.3 is 9.32 Å². The lowest BCUT2D eigenvalue weighted by Crippen LogP contribution is -2.17. The molecule has 53 heavy (non-hydrogen) atoms. The van der Waals surface area contributed by atoms with Gasteiger partial charge in [0.1, 0.15) is 11.2 Å². The van der Waals surface area contributed by atoms with Crippen LogP contribution in [0.15, 0.2) is 192 Å². The van der Waals surface area contributed by atoms with Crippen LogP contribution in [-0.4, -0.2) is 0 Å². The van der Waals surface area contributed by atoms with Gasteiger partial charge >= 0.3 is 0 Å². The van der Waals surface area contributed by atoms with E-state index in [4.69, 9.17) is 4.42 Å². The average molecular weight is 680 g/mol. The quantitative estimate of drug-likeness (QED) is 0.174. The number of hydrogen-bond acceptors (Lipinski definition) is 2. The predicted molar refractivity (Wildman–Crippen MR) is 225 cm³/mol. The number of anilines is 2. The Bertz CT molecular complexity index is 2880. The summed E-state index contributed by atoms with van der Waals surface area (Å²) in [6.07, 6.45) is 6.76. The second-order valence-electron chi connectivity index (χ2n) is 14.1. The van der Waals surface area contributed by atoms with Crippen molar-refractivity contribution in [2.45, 2.75) is 19.8 Å². The van der Waals surface area contributed by atoms with Gasteiger partial charge in [-0.05, 0) is 105 Å². The van der Waals surface area contributed by atoms with Crippen molar-refractivity contribution in [3.05, 3.63) is 199 Å². The number of furan rings is 1. The summed E-state index contributed by atoms with van der Waals surface area (Å²) in [7, 11) is 0. The van der Waals surface area contributed by atoms with Crippen molar-refractivity contribution in [3.8, 4) is 22.3 Å². The molecule has 1 aromatic heterocycles. The summed E-state index contributed by atoms with van der Waals surface area (Å²) in [5, 5.41) is 7.40. The van der Waals surface area contributed by atoms with Gasteiger partial charge in [-0.2, -0.15) is 0 Å². The highest BCUT2D eigenvalue weighted by Gasteiger charge is 2.20. The van der Waals surface area contributed by atoms with Gasteiger partial charge in [0.25, 0.3) is 0 Å². The van der Waals surface area contributed by atoms with Gasteiger partial charge in [0.15, 0.2) is 0 Å². The Hall–Kier alpha value is -6.64. The van der Waals surface area contributed by atoms with Crippen LogP contribution in [0.1, 0.15) is 24.0 Å². The number of benzene rings is 8. The van der Waals surface area contributed by atoms with Crippen LogP contribution in [0.25, 0.3) is 71.3 Å². The molecule has 252 valence electrons. The monoisotopic (exact) mass is 679 g/mol. The van der Waals surface area contributed by atoms with E-state index in [1.54, 1.807) is 0 Å². The predicted octanol–water partition coefficient (Wildman–Crippen LogP) is 14.4. The maximum atomic E-state index is 6.54. The van der Waals surface area contributed by atoms with E-state index in [0.717, 1.165) is 62.8 Å². The molecule has 0 aliphatic heterocycles. The first-order valence-corrected chi connectivity index (χ1v) is 18.5. The van der Waals surface area contributed by atoms with E-state index < -0.39 is 0 Å².